The van der Waals surface area contributed by atoms with Crippen LogP contribution in [0.1, 0.15) is 22.3 Å². The number of benzene rings is 3. The fourth-order valence-electron chi connectivity index (χ4n) is 3.52. The first-order valence-electron chi connectivity index (χ1n) is 10.5. The zero-order valence-corrected chi connectivity index (χ0v) is 22.2. The van der Waals surface area contributed by atoms with Crippen LogP contribution < -0.4 is 14.8 Å². The predicted octanol–water partition coefficient (Wildman–Crippen LogP) is 7.74. The van der Waals surface area contributed by atoms with Crippen LogP contribution >= 0.6 is 46.6 Å². The van der Waals surface area contributed by atoms with Crippen molar-refractivity contribution >= 4 is 69.4 Å². The van der Waals surface area contributed by atoms with Crippen LogP contribution in [0.15, 0.2) is 58.4 Å². The SMILES string of the molecule is COc1cc(/C=C2\SC(=Nc3cc(C)cc(C)c3)NC2=O)cc(Cl)c1OCc1ccc(Cl)cc1Cl. The van der Waals surface area contributed by atoms with Crippen LogP contribution in [0.2, 0.25) is 15.1 Å². The van der Waals surface area contributed by atoms with Crippen molar-refractivity contribution < 1.29 is 14.3 Å². The van der Waals surface area contributed by atoms with E-state index < -0.39 is 0 Å². The molecule has 1 aliphatic heterocycles. The highest BCUT2D eigenvalue weighted by Gasteiger charge is 2.24. The van der Waals surface area contributed by atoms with E-state index in [1.807, 2.05) is 26.0 Å². The molecule has 180 valence electrons. The van der Waals surface area contributed by atoms with E-state index in [2.05, 4.69) is 16.4 Å². The molecule has 0 spiro atoms. The summed E-state index contributed by atoms with van der Waals surface area (Å²) >= 11 is 20.0. The lowest BCUT2D eigenvalue weighted by atomic mass is 10.1. The lowest BCUT2D eigenvalue weighted by molar-refractivity contribution is -0.115. The number of aliphatic imine (C=N–C) groups is 1. The van der Waals surface area contributed by atoms with Crippen molar-refractivity contribution in [2.45, 2.75) is 20.5 Å². The van der Waals surface area contributed by atoms with Crippen LogP contribution in [0, 0.1) is 13.8 Å². The average molecular weight is 548 g/mol. The number of amides is 1. The summed E-state index contributed by atoms with van der Waals surface area (Å²) < 4.78 is 11.4. The summed E-state index contributed by atoms with van der Waals surface area (Å²) in [5, 5.41) is 4.71. The number of methoxy groups -OCH3 is 1. The van der Waals surface area contributed by atoms with E-state index in [-0.39, 0.29) is 12.5 Å². The van der Waals surface area contributed by atoms with E-state index in [4.69, 9.17) is 44.3 Å². The zero-order chi connectivity index (χ0) is 25.1. The van der Waals surface area contributed by atoms with Crippen molar-refractivity contribution in [1.29, 1.82) is 0 Å². The number of thioether (sulfide) groups is 1. The Bertz CT molecular complexity index is 1350. The number of amidine groups is 1. The van der Waals surface area contributed by atoms with Crippen molar-refractivity contribution in [1.82, 2.24) is 5.32 Å². The van der Waals surface area contributed by atoms with Crippen LogP contribution in [-0.2, 0) is 11.4 Å². The Labute approximate surface area is 223 Å². The zero-order valence-electron chi connectivity index (χ0n) is 19.1. The highest BCUT2D eigenvalue weighted by Crippen LogP contribution is 2.39. The van der Waals surface area contributed by atoms with Gasteiger partial charge in [-0.05, 0) is 84.8 Å². The third-order valence-corrected chi connectivity index (χ3v) is 6.80. The van der Waals surface area contributed by atoms with E-state index in [9.17, 15) is 4.79 Å². The maximum Gasteiger partial charge on any atom is 0.264 e. The summed E-state index contributed by atoms with van der Waals surface area (Å²) in [6.07, 6.45) is 1.73. The Morgan fingerprint density at radius 1 is 1.00 bits per heavy atom. The lowest BCUT2D eigenvalue weighted by Gasteiger charge is -2.14. The largest absolute Gasteiger partial charge is 0.493 e. The Hall–Kier alpha value is -2.64. The molecule has 4 rings (SSSR count). The number of carbonyl (C=O) groups excluding carboxylic acids is 1. The number of ether oxygens (including phenoxy) is 2. The molecule has 0 aromatic heterocycles. The van der Waals surface area contributed by atoms with Gasteiger partial charge in [0, 0.05) is 15.6 Å². The van der Waals surface area contributed by atoms with Crippen LogP contribution in [0.4, 0.5) is 5.69 Å². The number of aryl methyl sites for hydroxylation is 2. The second-order valence-corrected chi connectivity index (χ2v) is 10.2. The van der Waals surface area contributed by atoms with Gasteiger partial charge in [0.1, 0.15) is 6.61 Å². The highest BCUT2D eigenvalue weighted by atomic mass is 35.5. The van der Waals surface area contributed by atoms with Crippen LogP contribution in [-0.4, -0.2) is 18.2 Å². The number of rotatable bonds is 6. The van der Waals surface area contributed by atoms with Crippen molar-refractivity contribution in [3.63, 3.8) is 0 Å². The first-order chi connectivity index (χ1) is 16.7. The minimum atomic E-state index is -0.231. The van der Waals surface area contributed by atoms with Crippen LogP contribution in [0.25, 0.3) is 6.08 Å². The molecule has 1 heterocycles. The van der Waals surface area contributed by atoms with Gasteiger partial charge >= 0.3 is 0 Å². The van der Waals surface area contributed by atoms with Gasteiger partial charge in [-0.1, -0.05) is 46.9 Å². The molecule has 1 amide bonds. The molecule has 3 aromatic rings. The second-order valence-electron chi connectivity index (χ2n) is 7.89. The first-order valence-corrected chi connectivity index (χ1v) is 12.5. The quantitative estimate of drug-likeness (QED) is 0.321. The molecule has 0 atom stereocenters. The fourth-order valence-corrected chi connectivity index (χ4v) is 5.09. The molecule has 35 heavy (non-hydrogen) atoms. The second kappa shape index (κ2) is 11.0. The minimum Gasteiger partial charge on any atom is -0.493 e. The predicted molar refractivity (Wildman–Crippen MR) is 146 cm³/mol. The fraction of sp³-hybridized carbons (Fsp3) is 0.154. The van der Waals surface area contributed by atoms with Crippen molar-refractivity contribution in [3.05, 3.63) is 90.8 Å². The van der Waals surface area contributed by atoms with Gasteiger partial charge in [-0.2, -0.15) is 0 Å². The molecular formula is C26H21Cl3N2O3S. The summed E-state index contributed by atoms with van der Waals surface area (Å²) in [7, 11) is 1.52. The Morgan fingerprint density at radius 2 is 1.74 bits per heavy atom. The molecule has 1 saturated heterocycles. The molecule has 0 bridgehead atoms. The van der Waals surface area contributed by atoms with Crippen molar-refractivity contribution in [2.24, 2.45) is 4.99 Å². The number of nitrogens with one attached hydrogen (secondary N) is 1. The average Bonchev–Trinajstić information content (AvgIpc) is 3.11. The molecular weight excluding hydrogens is 527 g/mol. The Morgan fingerprint density at radius 3 is 2.43 bits per heavy atom. The molecule has 3 aromatic carbocycles. The topological polar surface area (TPSA) is 59.9 Å². The number of hydrogen-bond donors (Lipinski definition) is 1. The van der Waals surface area contributed by atoms with Crippen LogP contribution in [0.3, 0.4) is 0 Å². The molecule has 0 aliphatic carbocycles. The van der Waals surface area contributed by atoms with Gasteiger partial charge in [0.05, 0.1) is 22.7 Å². The van der Waals surface area contributed by atoms with E-state index in [0.717, 1.165) is 22.4 Å². The van der Waals surface area contributed by atoms with Crippen molar-refractivity contribution in [2.75, 3.05) is 7.11 Å². The number of carbonyl (C=O) groups is 1. The van der Waals surface area contributed by atoms with E-state index in [1.54, 1.807) is 36.4 Å². The smallest absolute Gasteiger partial charge is 0.264 e. The van der Waals surface area contributed by atoms with Crippen LogP contribution in [0.5, 0.6) is 11.5 Å². The maximum absolute atomic E-state index is 12.5. The third kappa shape index (κ3) is 6.33. The minimum absolute atomic E-state index is 0.184. The summed E-state index contributed by atoms with van der Waals surface area (Å²) in [6.45, 7) is 4.21. The summed E-state index contributed by atoms with van der Waals surface area (Å²) in [5.41, 5.74) is 4.45. The van der Waals surface area contributed by atoms with E-state index >= 15 is 0 Å². The number of nitrogens with zero attached hydrogens (tertiary/aromatic N) is 1. The molecule has 9 heteroatoms. The van der Waals surface area contributed by atoms with Gasteiger partial charge in [0.25, 0.3) is 5.91 Å². The molecule has 1 fully saturated rings. The molecule has 0 radical (unpaired) electrons. The Balaban J connectivity index is 1.55. The Kier molecular flexibility index (Phi) is 7.97. The van der Waals surface area contributed by atoms with Gasteiger partial charge in [0.15, 0.2) is 16.7 Å². The summed E-state index contributed by atoms with van der Waals surface area (Å²) in [6, 6.07) is 14.7. The standard InChI is InChI=1S/C26H21Cl3N2O3S/c1-14-6-15(2)8-19(7-14)30-26-31-25(32)23(35-26)11-16-9-21(29)24(22(10-16)33-3)34-13-17-4-5-18(27)12-20(17)28/h4-12H,13H2,1-3H3,(H,30,31,32)/b23-11-. The monoisotopic (exact) mass is 546 g/mol. The summed E-state index contributed by atoms with van der Waals surface area (Å²) in [5.74, 6) is 0.579. The summed E-state index contributed by atoms with van der Waals surface area (Å²) in [4.78, 5) is 17.6. The highest BCUT2D eigenvalue weighted by molar-refractivity contribution is 8.18. The molecule has 1 aliphatic rings. The van der Waals surface area contributed by atoms with Gasteiger partial charge < -0.3 is 14.8 Å². The van der Waals surface area contributed by atoms with E-state index in [1.165, 1.54) is 18.9 Å². The lowest BCUT2D eigenvalue weighted by Crippen LogP contribution is -2.19. The van der Waals surface area contributed by atoms with Gasteiger partial charge in [-0.25, -0.2) is 4.99 Å². The molecule has 0 unspecified atom stereocenters. The number of hydrogen-bond acceptors (Lipinski definition) is 5. The molecule has 1 N–H and O–H groups in total. The van der Waals surface area contributed by atoms with E-state index in [0.29, 0.717) is 42.2 Å². The van der Waals surface area contributed by atoms with Gasteiger partial charge in [-0.15, -0.1) is 0 Å². The maximum atomic E-state index is 12.5. The molecule has 0 saturated carbocycles. The van der Waals surface area contributed by atoms with Gasteiger partial charge in [0.2, 0.25) is 0 Å². The third-order valence-electron chi connectivity index (χ3n) is 5.02. The van der Waals surface area contributed by atoms with Crippen molar-refractivity contribution in [3.8, 4) is 11.5 Å². The normalized spacial score (nSPS) is 15.5. The number of halogens is 3. The van der Waals surface area contributed by atoms with Gasteiger partial charge in [-0.3, -0.25) is 4.79 Å². The molecule has 5 nitrogen and oxygen atoms in total. The first kappa shape index (κ1) is 25.5.